The average molecular weight is 324 g/mol. The molecule has 24 heavy (non-hydrogen) atoms. The molecule has 1 aromatic heterocycles. The molecule has 0 aliphatic carbocycles. The van der Waals surface area contributed by atoms with E-state index in [9.17, 15) is 10.1 Å². The molecule has 0 spiro atoms. The Kier molecular flexibility index (Phi) is 4.00. The zero-order valence-electron chi connectivity index (χ0n) is 13.3. The highest BCUT2D eigenvalue weighted by Crippen LogP contribution is 2.43. The first-order chi connectivity index (χ1) is 11.6. The maximum atomic E-state index is 12.4. The molecule has 0 amide bonds. The minimum Gasteiger partial charge on any atom is -0.494 e. The van der Waals surface area contributed by atoms with E-state index in [0.717, 1.165) is 0 Å². The summed E-state index contributed by atoms with van der Waals surface area (Å²) in [4.78, 5) is 12.4. The monoisotopic (exact) mass is 324 g/mol. The number of nitriles is 1. The number of nitrogens with two attached hydrogens (primary N) is 1. The lowest BCUT2D eigenvalue weighted by atomic mass is 9.84. The van der Waals surface area contributed by atoms with Gasteiger partial charge in [0.25, 0.3) is 0 Å². The summed E-state index contributed by atoms with van der Waals surface area (Å²) in [6.07, 6.45) is 0. The first-order valence-corrected chi connectivity index (χ1v) is 7.50. The SMILES string of the molecule is CCOc1ccccc1[C@H]1C(C#N)=C(N)Oc2cc(C)oc(=O)c21. The third kappa shape index (κ3) is 2.50. The van der Waals surface area contributed by atoms with Crippen LogP contribution in [-0.2, 0) is 0 Å². The number of nitrogens with zero attached hydrogens (tertiary/aromatic N) is 1. The first-order valence-electron chi connectivity index (χ1n) is 7.50. The fraction of sp³-hybridized carbons (Fsp3) is 0.222. The molecule has 0 saturated heterocycles. The Balaban J connectivity index is 2.31. The van der Waals surface area contributed by atoms with Gasteiger partial charge in [-0.3, -0.25) is 0 Å². The number of rotatable bonds is 3. The molecule has 0 saturated carbocycles. The quantitative estimate of drug-likeness (QED) is 0.931. The highest BCUT2D eigenvalue weighted by molar-refractivity contribution is 5.57. The highest BCUT2D eigenvalue weighted by Gasteiger charge is 2.35. The van der Waals surface area contributed by atoms with Crippen LogP contribution in [0.2, 0.25) is 0 Å². The number of allylic oxidation sites excluding steroid dienone is 1. The number of benzene rings is 1. The number of hydrogen-bond donors (Lipinski definition) is 1. The van der Waals surface area contributed by atoms with Crippen molar-refractivity contribution in [1.29, 1.82) is 5.26 Å². The zero-order valence-corrected chi connectivity index (χ0v) is 13.3. The van der Waals surface area contributed by atoms with Gasteiger partial charge in [0.2, 0.25) is 5.88 Å². The lowest BCUT2D eigenvalue weighted by Gasteiger charge is -2.26. The Labute approximate surface area is 138 Å². The molecule has 0 radical (unpaired) electrons. The predicted molar refractivity (Wildman–Crippen MR) is 86.6 cm³/mol. The molecule has 1 aliphatic heterocycles. The van der Waals surface area contributed by atoms with E-state index < -0.39 is 11.5 Å². The lowest BCUT2D eigenvalue weighted by Crippen LogP contribution is -2.26. The number of fused-ring (bicyclic) bond motifs is 1. The van der Waals surface area contributed by atoms with Crippen LogP contribution in [0.15, 0.2) is 51.0 Å². The topological polar surface area (TPSA) is 98.5 Å². The van der Waals surface area contributed by atoms with E-state index in [1.54, 1.807) is 25.1 Å². The lowest BCUT2D eigenvalue weighted by molar-refractivity contribution is 0.333. The summed E-state index contributed by atoms with van der Waals surface area (Å²) < 4.78 is 16.3. The molecule has 2 heterocycles. The number of ether oxygens (including phenoxy) is 2. The van der Waals surface area contributed by atoms with E-state index in [0.29, 0.717) is 29.4 Å². The number of aryl methyl sites for hydroxylation is 1. The maximum absolute atomic E-state index is 12.4. The van der Waals surface area contributed by atoms with Gasteiger partial charge in [0, 0.05) is 11.6 Å². The second kappa shape index (κ2) is 6.13. The van der Waals surface area contributed by atoms with E-state index in [1.807, 2.05) is 25.1 Å². The molecule has 0 bridgehead atoms. The van der Waals surface area contributed by atoms with Gasteiger partial charge in [0.15, 0.2) is 0 Å². The minimum absolute atomic E-state index is 0.0219. The summed E-state index contributed by atoms with van der Waals surface area (Å²) in [5.74, 6) is 0.573. The third-order valence-corrected chi connectivity index (χ3v) is 3.79. The van der Waals surface area contributed by atoms with Gasteiger partial charge < -0.3 is 19.6 Å². The van der Waals surface area contributed by atoms with Crippen molar-refractivity contribution in [1.82, 2.24) is 0 Å². The van der Waals surface area contributed by atoms with Crippen LogP contribution >= 0.6 is 0 Å². The van der Waals surface area contributed by atoms with E-state index in [4.69, 9.17) is 19.6 Å². The van der Waals surface area contributed by atoms with Crippen molar-refractivity contribution >= 4 is 0 Å². The van der Waals surface area contributed by atoms with Crippen molar-refractivity contribution in [3.8, 4) is 17.6 Å². The van der Waals surface area contributed by atoms with E-state index >= 15 is 0 Å². The molecule has 1 aromatic carbocycles. The molecule has 6 nitrogen and oxygen atoms in total. The Morgan fingerprint density at radius 1 is 1.38 bits per heavy atom. The van der Waals surface area contributed by atoms with E-state index in [1.165, 1.54) is 0 Å². The maximum Gasteiger partial charge on any atom is 0.343 e. The van der Waals surface area contributed by atoms with Crippen molar-refractivity contribution in [3.05, 3.63) is 69.1 Å². The second-order valence-electron chi connectivity index (χ2n) is 5.32. The molecule has 0 fully saturated rings. The summed E-state index contributed by atoms with van der Waals surface area (Å²) in [6.45, 7) is 3.96. The second-order valence-corrected chi connectivity index (χ2v) is 5.32. The Bertz CT molecular complexity index is 921. The van der Waals surface area contributed by atoms with Crippen LogP contribution in [0.1, 0.15) is 29.7 Å². The molecular formula is C18H16N2O4. The van der Waals surface area contributed by atoms with Gasteiger partial charge >= 0.3 is 5.63 Å². The van der Waals surface area contributed by atoms with Crippen molar-refractivity contribution < 1.29 is 13.9 Å². The summed E-state index contributed by atoms with van der Waals surface area (Å²) in [5.41, 5.74) is 6.44. The van der Waals surface area contributed by atoms with Crippen LogP contribution in [0.3, 0.4) is 0 Å². The number of hydrogen-bond acceptors (Lipinski definition) is 6. The smallest absolute Gasteiger partial charge is 0.343 e. The van der Waals surface area contributed by atoms with Gasteiger partial charge in [-0.2, -0.15) is 5.26 Å². The number of para-hydroxylation sites is 1. The summed E-state index contributed by atoms with van der Waals surface area (Å²) in [5, 5.41) is 9.54. The van der Waals surface area contributed by atoms with Crippen LogP contribution in [-0.4, -0.2) is 6.61 Å². The standard InChI is InChI=1S/C18H16N2O4/c1-3-22-13-7-5-4-6-11(13)15-12(9-19)17(20)24-14-8-10(2)23-18(21)16(14)15/h4-8,15H,3,20H2,1-2H3/t15-/m0/s1. The normalized spacial score (nSPS) is 16.1. The summed E-state index contributed by atoms with van der Waals surface area (Å²) >= 11 is 0. The largest absolute Gasteiger partial charge is 0.494 e. The molecule has 122 valence electrons. The van der Waals surface area contributed by atoms with Gasteiger partial charge in [-0.15, -0.1) is 0 Å². The Hall–Kier alpha value is -3.20. The molecule has 0 unspecified atom stereocenters. The molecule has 1 aliphatic rings. The van der Waals surface area contributed by atoms with E-state index in [-0.39, 0.29) is 17.0 Å². The average Bonchev–Trinajstić information content (AvgIpc) is 2.54. The molecule has 2 aromatic rings. The van der Waals surface area contributed by atoms with Crippen LogP contribution in [0.25, 0.3) is 0 Å². The minimum atomic E-state index is -0.696. The van der Waals surface area contributed by atoms with Crippen LogP contribution < -0.4 is 20.8 Å². The molecule has 3 rings (SSSR count). The summed E-state index contributed by atoms with van der Waals surface area (Å²) in [6, 6.07) is 10.9. The van der Waals surface area contributed by atoms with Gasteiger partial charge in [0.05, 0.1) is 18.1 Å². The zero-order chi connectivity index (χ0) is 17.3. The van der Waals surface area contributed by atoms with Gasteiger partial charge in [-0.1, -0.05) is 18.2 Å². The van der Waals surface area contributed by atoms with Crippen LogP contribution in [0, 0.1) is 18.3 Å². The molecular weight excluding hydrogens is 308 g/mol. The van der Waals surface area contributed by atoms with Gasteiger partial charge in [0.1, 0.15) is 28.9 Å². The Morgan fingerprint density at radius 3 is 2.83 bits per heavy atom. The summed E-state index contributed by atoms with van der Waals surface area (Å²) in [7, 11) is 0. The molecule has 2 N–H and O–H groups in total. The van der Waals surface area contributed by atoms with Crippen molar-refractivity contribution in [2.24, 2.45) is 5.73 Å². The van der Waals surface area contributed by atoms with Gasteiger partial charge in [-0.25, -0.2) is 4.79 Å². The van der Waals surface area contributed by atoms with Crippen molar-refractivity contribution in [2.45, 2.75) is 19.8 Å². The predicted octanol–water partition coefficient (Wildman–Crippen LogP) is 2.57. The first kappa shape index (κ1) is 15.7. The highest BCUT2D eigenvalue weighted by atomic mass is 16.5. The van der Waals surface area contributed by atoms with Crippen LogP contribution in [0.4, 0.5) is 0 Å². The van der Waals surface area contributed by atoms with Gasteiger partial charge in [-0.05, 0) is 19.9 Å². The van der Waals surface area contributed by atoms with Crippen molar-refractivity contribution in [2.75, 3.05) is 6.61 Å². The third-order valence-electron chi connectivity index (χ3n) is 3.79. The van der Waals surface area contributed by atoms with E-state index in [2.05, 4.69) is 0 Å². The fourth-order valence-electron chi connectivity index (χ4n) is 2.83. The molecule has 1 atom stereocenters. The molecule has 6 heteroatoms. The van der Waals surface area contributed by atoms with Crippen molar-refractivity contribution in [3.63, 3.8) is 0 Å². The van der Waals surface area contributed by atoms with Crippen LogP contribution in [0.5, 0.6) is 11.5 Å². The fourth-order valence-corrected chi connectivity index (χ4v) is 2.83. The Morgan fingerprint density at radius 2 is 2.12 bits per heavy atom.